The summed E-state index contributed by atoms with van der Waals surface area (Å²) in [7, 11) is 0. The van der Waals surface area contributed by atoms with E-state index in [-0.39, 0.29) is 26.4 Å². The molecule has 0 aliphatic heterocycles. The van der Waals surface area contributed by atoms with E-state index in [0.717, 1.165) is 115 Å². The van der Waals surface area contributed by atoms with Crippen LogP contribution >= 0.6 is 0 Å². The predicted molar refractivity (Wildman–Crippen MR) is 325 cm³/mol. The van der Waals surface area contributed by atoms with Crippen LogP contribution in [0.4, 0.5) is 0 Å². The van der Waals surface area contributed by atoms with Gasteiger partial charge in [-0.05, 0) is 172 Å². The minimum atomic E-state index is -0.883. The number of ether oxygens (including phenoxy) is 2. The van der Waals surface area contributed by atoms with Crippen molar-refractivity contribution in [2.45, 2.75) is 12.3 Å². The first kappa shape index (κ1) is 48.3. The van der Waals surface area contributed by atoms with Gasteiger partial charge >= 0.3 is 0 Å². The fraction of sp³-hybridized carbons (Fsp3) is 0.0811. The Morgan fingerprint density at radius 2 is 0.551 bits per heavy atom. The van der Waals surface area contributed by atoms with E-state index in [2.05, 4.69) is 268 Å². The first-order valence-electron chi connectivity index (χ1n) is 26.8. The Morgan fingerprint density at radius 1 is 0.269 bits per heavy atom. The number of hydrogen-bond acceptors (Lipinski definition) is 4. The minimum absolute atomic E-state index is 0.116. The zero-order chi connectivity index (χ0) is 52.6. The molecule has 0 aliphatic rings. The van der Waals surface area contributed by atoms with Gasteiger partial charge in [-0.25, -0.2) is 0 Å². The summed E-state index contributed by atoms with van der Waals surface area (Å²) in [4.78, 5) is 0. The Kier molecular flexibility index (Phi) is 12.8. The third-order valence-electron chi connectivity index (χ3n) is 15.8. The van der Waals surface area contributed by atoms with Crippen molar-refractivity contribution in [1.29, 1.82) is 0 Å². The predicted octanol–water partition coefficient (Wildman–Crippen LogP) is 17.9. The first-order chi connectivity index (χ1) is 38.4. The van der Waals surface area contributed by atoms with Crippen LogP contribution in [0.5, 0.6) is 11.5 Å². The Hall–Kier alpha value is -9.32. The summed E-state index contributed by atoms with van der Waals surface area (Å²) >= 11 is 0. The van der Waals surface area contributed by atoms with E-state index in [1.54, 1.807) is 0 Å². The molecule has 13 aromatic carbocycles. The largest absolute Gasteiger partial charge is 0.490 e. The van der Waals surface area contributed by atoms with E-state index in [1.807, 2.05) is 0 Å². The number of benzene rings is 13. The molecule has 13 aromatic rings. The van der Waals surface area contributed by atoms with Crippen LogP contribution in [0.15, 0.2) is 261 Å². The van der Waals surface area contributed by atoms with Crippen LogP contribution < -0.4 is 9.47 Å². The SMILES string of the molecule is CC(c1cccc(-c2ccc3ccccc3c2)c1)(c1cc(-c2ccc3ccccc3c2)c(OCCO)c(-c2ccc3ccccc3c2)c1)c1cc(-c2ccc3ccccc3c2)c(OCCO)c(-c2ccc3ccccc3c2)c1. The van der Waals surface area contributed by atoms with Crippen LogP contribution in [0.3, 0.4) is 0 Å². The highest BCUT2D eigenvalue weighted by atomic mass is 16.5. The Labute approximate surface area is 454 Å². The third-order valence-corrected chi connectivity index (χ3v) is 15.8. The lowest BCUT2D eigenvalue weighted by molar-refractivity contribution is 0.202. The summed E-state index contributed by atoms with van der Waals surface area (Å²) in [5.41, 5.74) is 12.2. The van der Waals surface area contributed by atoms with E-state index in [4.69, 9.17) is 9.47 Å². The molecule has 0 saturated heterocycles. The number of aliphatic hydroxyl groups excluding tert-OH is 2. The zero-order valence-corrected chi connectivity index (χ0v) is 43.4. The molecule has 0 fully saturated rings. The molecule has 78 heavy (non-hydrogen) atoms. The average Bonchev–Trinajstić information content (AvgIpc) is 3.62. The lowest BCUT2D eigenvalue weighted by atomic mass is 9.68. The average molecular weight is 1010 g/mol. The molecule has 0 aromatic heterocycles. The van der Waals surface area contributed by atoms with Gasteiger partial charge in [0, 0.05) is 27.7 Å². The molecule has 0 saturated carbocycles. The topological polar surface area (TPSA) is 58.9 Å². The molecular weight excluding hydrogens is 953 g/mol. The van der Waals surface area contributed by atoms with E-state index in [0.29, 0.717) is 11.5 Å². The Balaban J connectivity index is 1.15. The maximum absolute atomic E-state index is 10.5. The second-order valence-electron chi connectivity index (χ2n) is 20.5. The maximum Gasteiger partial charge on any atom is 0.135 e. The van der Waals surface area contributed by atoms with Crippen molar-refractivity contribution in [3.05, 3.63) is 278 Å². The third kappa shape index (κ3) is 9.01. The minimum Gasteiger partial charge on any atom is -0.490 e. The van der Waals surface area contributed by atoms with Crippen LogP contribution in [-0.4, -0.2) is 36.6 Å². The summed E-state index contributed by atoms with van der Waals surface area (Å²) < 4.78 is 13.7. The quantitative estimate of drug-likeness (QED) is 0.107. The van der Waals surface area contributed by atoms with Gasteiger partial charge in [0.2, 0.25) is 0 Å². The standard InChI is InChI=1S/C74H56O4/c1-74(65-24-12-23-59(44-65)60-30-25-49-13-2-7-18-54(49)39-60,66-45-68(61-31-26-50-14-3-8-19-55(50)40-61)72(77-37-35-75)69(46-66)62-32-27-51-15-4-9-20-56(51)41-62)67-47-70(63-33-28-52-16-5-10-21-57(52)42-63)73(78-38-36-76)71(48-67)64-34-29-53-17-6-11-22-58(53)43-64/h2-34,39-48,75-76H,35-38H2,1H3. The fourth-order valence-electron chi connectivity index (χ4n) is 11.6. The van der Waals surface area contributed by atoms with Crippen LogP contribution in [0.1, 0.15) is 23.6 Å². The summed E-state index contributed by atoms with van der Waals surface area (Å²) in [6, 6.07) is 94.0. The molecule has 0 bridgehead atoms. The van der Waals surface area contributed by atoms with Crippen LogP contribution in [0, 0.1) is 0 Å². The van der Waals surface area contributed by atoms with E-state index < -0.39 is 5.41 Å². The normalized spacial score (nSPS) is 11.7. The van der Waals surface area contributed by atoms with Crippen molar-refractivity contribution in [2.75, 3.05) is 26.4 Å². The van der Waals surface area contributed by atoms with E-state index >= 15 is 0 Å². The van der Waals surface area contributed by atoms with E-state index in [1.165, 1.54) is 10.8 Å². The van der Waals surface area contributed by atoms with Gasteiger partial charge in [0.15, 0.2) is 0 Å². The number of fused-ring (bicyclic) bond motifs is 5. The molecule has 4 heteroatoms. The van der Waals surface area contributed by atoms with Gasteiger partial charge in [-0.1, -0.05) is 200 Å². The summed E-state index contributed by atoms with van der Waals surface area (Å²) in [5.74, 6) is 1.40. The van der Waals surface area contributed by atoms with Crippen molar-refractivity contribution >= 4 is 53.9 Å². The summed E-state index contributed by atoms with van der Waals surface area (Å²) in [5, 5.41) is 32.4. The smallest absolute Gasteiger partial charge is 0.135 e. The molecule has 376 valence electrons. The fourth-order valence-corrected chi connectivity index (χ4v) is 11.6. The summed E-state index contributed by atoms with van der Waals surface area (Å²) in [6.07, 6.45) is 0. The zero-order valence-electron chi connectivity index (χ0n) is 43.4. The van der Waals surface area contributed by atoms with Gasteiger partial charge in [-0.3, -0.25) is 0 Å². The van der Waals surface area contributed by atoms with Crippen LogP contribution in [-0.2, 0) is 5.41 Å². The van der Waals surface area contributed by atoms with E-state index in [9.17, 15) is 10.2 Å². The lowest BCUT2D eigenvalue weighted by Gasteiger charge is -2.35. The van der Waals surface area contributed by atoms with Gasteiger partial charge in [0.05, 0.1) is 13.2 Å². The van der Waals surface area contributed by atoms with Gasteiger partial charge < -0.3 is 19.7 Å². The number of hydrogen-bond donors (Lipinski definition) is 2. The molecule has 0 heterocycles. The van der Waals surface area contributed by atoms with Gasteiger partial charge in [0.25, 0.3) is 0 Å². The molecule has 0 radical (unpaired) electrons. The van der Waals surface area contributed by atoms with Crippen molar-refractivity contribution in [2.24, 2.45) is 0 Å². The number of aliphatic hydroxyl groups is 2. The maximum atomic E-state index is 10.5. The monoisotopic (exact) mass is 1010 g/mol. The molecule has 2 N–H and O–H groups in total. The molecule has 13 rings (SSSR count). The van der Waals surface area contributed by atoms with Crippen molar-refractivity contribution in [1.82, 2.24) is 0 Å². The van der Waals surface area contributed by atoms with Crippen molar-refractivity contribution < 1.29 is 19.7 Å². The first-order valence-corrected chi connectivity index (χ1v) is 26.8. The molecule has 0 unspecified atom stereocenters. The molecule has 4 nitrogen and oxygen atoms in total. The van der Waals surface area contributed by atoms with Crippen LogP contribution in [0.2, 0.25) is 0 Å². The van der Waals surface area contributed by atoms with Crippen molar-refractivity contribution in [3.8, 4) is 67.1 Å². The second-order valence-corrected chi connectivity index (χ2v) is 20.5. The second kappa shape index (κ2) is 20.7. The van der Waals surface area contributed by atoms with Gasteiger partial charge in [-0.2, -0.15) is 0 Å². The number of rotatable bonds is 14. The molecule has 0 amide bonds. The lowest BCUT2D eigenvalue weighted by Crippen LogP contribution is -2.26. The van der Waals surface area contributed by atoms with Gasteiger partial charge in [-0.15, -0.1) is 0 Å². The molecule has 0 aliphatic carbocycles. The highest BCUT2D eigenvalue weighted by Crippen LogP contribution is 2.51. The Morgan fingerprint density at radius 3 is 0.872 bits per heavy atom. The Bertz CT molecular complexity index is 3980. The van der Waals surface area contributed by atoms with Crippen LogP contribution in [0.25, 0.3) is 109 Å². The molecule has 0 spiro atoms. The van der Waals surface area contributed by atoms with Gasteiger partial charge in [0.1, 0.15) is 24.7 Å². The van der Waals surface area contributed by atoms with Crippen molar-refractivity contribution in [3.63, 3.8) is 0 Å². The molecular formula is C74H56O4. The molecule has 0 atom stereocenters. The highest BCUT2D eigenvalue weighted by Gasteiger charge is 2.36. The summed E-state index contributed by atoms with van der Waals surface area (Å²) in [6.45, 7) is 2.31. The highest BCUT2D eigenvalue weighted by molar-refractivity contribution is 5.97.